The van der Waals surface area contributed by atoms with Crippen molar-refractivity contribution < 1.29 is 13.9 Å². The van der Waals surface area contributed by atoms with Crippen LogP contribution in [0.1, 0.15) is 33.3 Å². The lowest BCUT2D eigenvalue weighted by Gasteiger charge is -2.17. The number of carbonyl (C=O) groups is 1. The molecule has 3 rings (SSSR count). The summed E-state index contributed by atoms with van der Waals surface area (Å²) in [6, 6.07) is 20.5. The van der Waals surface area contributed by atoms with Gasteiger partial charge in [0.05, 0.1) is 12.9 Å². The molecule has 1 aromatic heterocycles. The second-order valence-electron chi connectivity index (χ2n) is 5.47. The van der Waals surface area contributed by atoms with E-state index in [1.807, 2.05) is 60.7 Å². The maximum Gasteiger partial charge on any atom is 0.252 e. The van der Waals surface area contributed by atoms with Gasteiger partial charge in [0.25, 0.3) is 5.91 Å². The van der Waals surface area contributed by atoms with Crippen molar-refractivity contribution in [3.63, 3.8) is 0 Å². The maximum atomic E-state index is 12.7. The molecular formula is C20H19NO3. The minimum atomic E-state index is -0.334. The van der Waals surface area contributed by atoms with E-state index in [2.05, 4.69) is 5.32 Å². The molecule has 1 unspecified atom stereocenters. The third-order valence-electron chi connectivity index (χ3n) is 3.74. The largest absolute Gasteiger partial charge is 0.467 e. The Bertz CT molecular complexity index is 782. The molecule has 1 heterocycles. The van der Waals surface area contributed by atoms with Gasteiger partial charge in [-0.25, -0.2) is 0 Å². The van der Waals surface area contributed by atoms with Gasteiger partial charge in [0.2, 0.25) is 0 Å². The van der Waals surface area contributed by atoms with E-state index in [1.54, 1.807) is 19.4 Å². The fraction of sp³-hybridized carbons (Fsp3) is 0.150. The van der Waals surface area contributed by atoms with Gasteiger partial charge in [-0.15, -0.1) is 0 Å². The van der Waals surface area contributed by atoms with Crippen LogP contribution in [-0.2, 0) is 11.3 Å². The van der Waals surface area contributed by atoms with Gasteiger partial charge < -0.3 is 14.5 Å². The molecule has 2 aromatic carbocycles. The Kier molecular flexibility index (Phi) is 5.08. The standard InChI is InChI=1S/C20H19NO3/c1-23-14-15-7-5-10-17(13-15)20(22)21-19(18-11-6-12-24-18)16-8-3-2-4-9-16/h2-13,19H,14H2,1H3,(H,21,22). The normalized spacial score (nSPS) is 11.9. The summed E-state index contributed by atoms with van der Waals surface area (Å²) in [7, 11) is 1.63. The van der Waals surface area contributed by atoms with E-state index in [-0.39, 0.29) is 11.9 Å². The quantitative estimate of drug-likeness (QED) is 0.748. The molecule has 0 saturated heterocycles. The van der Waals surface area contributed by atoms with E-state index in [0.29, 0.717) is 17.9 Å². The van der Waals surface area contributed by atoms with Crippen LogP contribution in [0, 0.1) is 0 Å². The van der Waals surface area contributed by atoms with Gasteiger partial charge in [-0.05, 0) is 35.4 Å². The molecule has 4 heteroatoms. The summed E-state index contributed by atoms with van der Waals surface area (Å²) >= 11 is 0. The molecule has 1 atom stereocenters. The number of carbonyl (C=O) groups excluding carboxylic acids is 1. The lowest BCUT2D eigenvalue weighted by Crippen LogP contribution is -2.29. The van der Waals surface area contributed by atoms with Crippen LogP contribution in [0.5, 0.6) is 0 Å². The van der Waals surface area contributed by atoms with Crippen LogP contribution in [0.4, 0.5) is 0 Å². The molecular weight excluding hydrogens is 302 g/mol. The second-order valence-corrected chi connectivity index (χ2v) is 5.47. The molecule has 4 nitrogen and oxygen atoms in total. The van der Waals surface area contributed by atoms with E-state index in [1.165, 1.54) is 0 Å². The van der Waals surface area contributed by atoms with Crippen molar-refractivity contribution in [2.45, 2.75) is 12.6 Å². The van der Waals surface area contributed by atoms with Crippen LogP contribution >= 0.6 is 0 Å². The molecule has 0 aliphatic heterocycles. The van der Waals surface area contributed by atoms with E-state index < -0.39 is 0 Å². The van der Waals surface area contributed by atoms with Gasteiger partial charge in [0, 0.05) is 12.7 Å². The van der Waals surface area contributed by atoms with Crippen LogP contribution in [0.3, 0.4) is 0 Å². The Hall–Kier alpha value is -2.85. The highest BCUT2D eigenvalue weighted by Gasteiger charge is 2.20. The van der Waals surface area contributed by atoms with Crippen molar-refractivity contribution in [2.75, 3.05) is 7.11 Å². The molecule has 24 heavy (non-hydrogen) atoms. The zero-order chi connectivity index (χ0) is 16.8. The SMILES string of the molecule is COCc1cccc(C(=O)NC(c2ccccc2)c2ccco2)c1. The van der Waals surface area contributed by atoms with Crippen LogP contribution in [0.15, 0.2) is 77.4 Å². The Morgan fingerprint density at radius 3 is 2.62 bits per heavy atom. The number of ether oxygens (including phenoxy) is 1. The molecule has 0 saturated carbocycles. The molecule has 0 bridgehead atoms. The minimum absolute atomic E-state index is 0.154. The number of nitrogens with one attached hydrogen (secondary N) is 1. The van der Waals surface area contributed by atoms with Gasteiger partial charge in [-0.2, -0.15) is 0 Å². The summed E-state index contributed by atoms with van der Waals surface area (Å²) in [5.74, 6) is 0.542. The summed E-state index contributed by atoms with van der Waals surface area (Å²) in [6.07, 6.45) is 1.61. The molecule has 0 aliphatic carbocycles. The van der Waals surface area contributed by atoms with Gasteiger partial charge in [0.1, 0.15) is 11.8 Å². The summed E-state index contributed by atoms with van der Waals surface area (Å²) in [5.41, 5.74) is 2.52. The Morgan fingerprint density at radius 1 is 1.08 bits per heavy atom. The average molecular weight is 321 g/mol. The summed E-state index contributed by atoms with van der Waals surface area (Å²) < 4.78 is 10.6. The van der Waals surface area contributed by atoms with Crippen molar-refractivity contribution in [1.29, 1.82) is 0 Å². The van der Waals surface area contributed by atoms with Crippen LogP contribution in [0.2, 0.25) is 0 Å². The molecule has 0 spiro atoms. The zero-order valence-corrected chi connectivity index (χ0v) is 13.4. The third-order valence-corrected chi connectivity index (χ3v) is 3.74. The Morgan fingerprint density at radius 2 is 1.92 bits per heavy atom. The molecule has 0 aliphatic rings. The number of methoxy groups -OCH3 is 1. The van der Waals surface area contributed by atoms with E-state index in [9.17, 15) is 4.79 Å². The van der Waals surface area contributed by atoms with Crippen LogP contribution in [-0.4, -0.2) is 13.0 Å². The monoisotopic (exact) mass is 321 g/mol. The maximum absolute atomic E-state index is 12.7. The summed E-state index contributed by atoms with van der Waals surface area (Å²) in [4.78, 5) is 12.7. The first-order valence-electron chi connectivity index (χ1n) is 7.75. The number of hydrogen-bond donors (Lipinski definition) is 1. The number of furan rings is 1. The fourth-order valence-electron chi connectivity index (χ4n) is 2.60. The van der Waals surface area contributed by atoms with Crippen LogP contribution in [0.25, 0.3) is 0 Å². The predicted octanol–water partition coefficient (Wildman–Crippen LogP) is 3.95. The topological polar surface area (TPSA) is 51.5 Å². The van der Waals surface area contributed by atoms with Crippen molar-refractivity contribution in [1.82, 2.24) is 5.32 Å². The highest BCUT2D eigenvalue weighted by atomic mass is 16.5. The molecule has 3 aromatic rings. The van der Waals surface area contributed by atoms with Crippen LogP contribution < -0.4 is 5.32 Å². The summed E-state index contributed by atoms with van der Waals surface area (Å²) in [5, 5.41) is 3.05. The highest BCUT2D eigenvalue weighted by Crippen LogP contribution is 2.23. The third kappa shape index (κ3) is 3.73. The van der Waals surface area contributed by atoms with Crippen molar-refractivity contribution in [2.24, 2.45) is 0 Å². The molecule has 1 N–H and O–H groups in total. The van der Waals surface area contributed by atoms with Gasteiger partial charge >= 0.3 is 0 Å². The van der Waals surface area contributed by atoms with Gasteiger partial charge in [0.15, 0.2) is 0 Å². The molecule has 1 amide bonds. The van der Waals surface area contributed by atoms with E-state index in [0.717, 1.165) is 11.1 Å². The Labute approximate surface area is 141 Å². The fourth-order valence-corrected chi connectivity index (χ4v) is 2.60. The number of benzene rings is 2. The van der Waals surface area contributed by atoms with Crippen molar-refractivity contribution in [3.8, 4) is 0 Å². The summed E-state index contributed by atoms with van der Waals surface area (Å²) in [6.45, 7) is 0.474. The molecule has 0 fully saturated rings. The number of amides is 1. The molecule has 0 radical (unpaired) electrons. The van der Waals surface area contributed by atoms with Crippen molar-refractivity contribution in [3.05, 3.63) is 95.4 Å². The number of hydrogen-bond acceptors (Lipinski definition) is 3. The minimum Gasteiger partial charge on any atom is -0.467 e. The van der Waals surface area contributed by atoms with E-state index in [4.69, 9.17) is 9.15 Å². The number of rotatable bonds is 6. The van der Waals surface area contributed by atoms with Gasteiger partial charge in [-0.1, -0.05) is 42.5 Å². The first-order valence-corrected chi connectivity index (χ1v) is 7.75. The van der Waals surface area contributed by atoms with Gasteiger partial charge in [-0.3, -0.25) is 4.79 Å². The smallest absolute Gasteiger partial charge is 0.252 e. The highest BCUT2D eigenvalue weighted by molar-refractivity contribution is 5.94. The zero-order valence-electron chi connectivity index (χ0n) is 13.4. The lowest BCUT2D eigenvalue weighted by atomic mass is 10.0. The lowest BCUT2D eigenvalue weighted by molar-refractivity contribution is 0.0938. The first-order chi connectivity index (χ1) is 11.8. The van der Waals surface area contributed by atoms with Crippen molar-refractivity contribution >= 4 is 5.91 Å². The first kappa shape index (κ1) is 16.0. The average Bonchev–Trinajstić information content (AvgIpc) is 3.15. The second kappa shape index (κ2) is 7.62. The Balaban J connectivity index is 1.85. The van der Waals surface area contributed by atoms with E-state index >= 15 is 0 Å². The molecule has 122 valence electrons. The predicted molar refractivity (Wildman–Crippen MR) is 91.6 cm³/mol.